The van der Waals surface area contributed by atoms with Crippen LogP contribution >= 0.6 is 11.8 Å². The molecule has 1 aromatic carbocycles. The van der Waals surface area contributed by atoms with Crippen LogP contribution in [-0.2, 0) is 4.79 Å². The number of likely N-dealkylation sites (tertiary alicyclic amines) is 1. The standard InChI is InChI=1S/C17H19N5O3S/c18-14-13(19-15(24)11-6-2-1-3-7-11)16(25)21-17(20-14)26-10-12(23)22-8-4-5-9-22/h1-3,6-7H,4-5,8-10H2,(H,19,24)(H3,18,20,21,25). The second-order valence-electron chi connectivity index (χ2n) is 5.83. The summed E-state index contributed by atoms with van der Waals surface area (Å²) in [6.07, 6.45) is 2.04. The molecule has 0 unspecified atom stereocenters. The number of carbonyl (C=O) groups excluding carboxylic acids is 2. The van der Waals surface area contributed by atoms with Gasteiger partial charge in [-0.2, -0.15) is 0 Å². The lowest BCUT2D eigenvalue weighted by Crippen LogP contribution is -2.29. The van der Waals surface area contributed by atoms with E-state index in [1.54, 1.807) is 35.2 Å². The summed E-state index contributed by atoms with van der Waals surface area (Å²) in [5.41, 5.74) is 5.57. The van der Waals surface area contributed by atoms with Crippen molar-refractivity contribution in [3.05, 3.63) is 46.2 Å². The number of nitrogens with zero attached hydrogens (tertiary/aromatic N) is 2. The number of rotatable bonds is 5. The highest BCUT2D eigenvalue weighted by Crippen LogP contribution is 2.19. The third-order valence-corrected chi connectivity index (χ3v) is 4.85. The number of aromatic amines is 1. The van der Waals surface area contributed by atoms with E-state index >= 15 is 0 Å². The second kappa shape index (κ2) is 8.05. The fourth-order valence-electron chi connectivity index (χ4n) is 2.62. The fourth-order valence-corrected chi connectivity index (χ4v) is 3.39. The Bertz CT molecular complexity index is 862. The lowest BCUT2D eigenvalue weighted by atomic mass is 10.2. The number of nitrogens with one attached hydrogen (secondary N) is 2. The zero-order chi connectivity index (χ0) is 18.5. The van der Waals surface area contributed by atoms with Gasteiger partial charge in [-0.25, -0.2) is 4.98 Å². The molecule has 1 aliphatic heterocycles. The fraction of sp³-hybridized carbons (Fsp3) is 0.294. The van der Waals surface area contributed by atoms with E-state index in [0.717, 1.165) is 37.7 Å². The van der Waals surface area contributed by atoms with Crippen LogP contribution < -0.4 is 16.6 Å². The van der Waals surface area contributed by atoms with Crippen LogP contribution in [0.5, 0.6) is 0 Å². The molecule has 26 heavy (non-hydrogen) atoms. The molecule has 0 bridgehead atoms. The van der Waals surface area contributed by atoms with E-state index in [1.165, 1.54) is 0 Å². The summed E-state index contributed by atoms with van der Waals surface area (Å²) < 4.78 is 0. The van der Waals surface area contributed by atoms with E-state index < -0.39 is 11.5 Å². The third kappa shape index (κ3) is 4.23. The molecule has 1 aliphatic rings. The molecule has 136 valence electrons. The number of nitrogen functional groups attached to an aromatic ring is 1. The van der Waals surface area contributed by atoms with E-state index in [0.29, 0.717) is 5.56 Å². The molecule has 3 rings (SSSR count). The minimum absolute atomic E-state index is 0.00942. The Morgan fingerprint density at radius 3 is 2.58 bits per heavy atom. The van der Waals surface area contributed by atoms with Gasteiger partial charge in [-0.05, 0) is 25.0 Å². The summed E-state index contributed by atoms with van der Waals surface area (Å²) in [6.45, 7) is 1.55. The van der Waals surface area contributed by atoms with E-state index in [9.17, 15) is 14.4 Å². The van der Waals surface area contributed by atoms with Crippen molar-refractivity contribution in [1.29, 1.82) is 0 Å². The van der Waals surface area contributed by atoms with Crippen LogP contribution in [0.25, 0.3) is 0 Å². The first kappa shape index (κ1) is 18.0. The molecule has 0 spiro atoms. The number of nitrogens with two attached hydrogens (primary N) is 1. The predicted octanol–water partition coefficient (Wildman–Crippen LogP) is 1.32. The van der Waals surface area contributed by atoms with Gasteiger partial charge in [0.1, 0.15) is 5.69 Å². The number of hydrogen-bond acceptors (Lipinski definition) is 6. The molecule has 0 atom stereocenters. The maximum atomic E-state index is 12.2. The summed E-state index contributed by atoms with van der Waals surface area (Å²) in [5.74, 6) is -0.350. The molecule has 2 aromatic rings. The van der Waals surface area contributed by atoms with Gasteiger partial charge in [0.05, 0.1) is 5.75 Å². The molecule has 1 saturated heterocycles. The molecule has 1 fully saturated rings. The van der Waals surface area contributed by atoms with Crippen LogP contribution in [0.2, 0.25) is 0 Å². The monoisotopic (exact) mass is 373 g/mol. The van der Waals surface area contributed by atoms with Crippen LogP contribution in [0, 0.1) is 0 Å². The van der Waals surface area contributed by atoms with Crippen molar-refractivity contribution in [3.8, 4) is 0 Å². The summed E-state index contributed by atoms with van der Waals surface area (Å²) >= 11 is 1.12. The number of benzene rings is 1. The predicted molar refractivity (Wildman–Crippen MR) is 100 cm³/mol. The van der Waals surface area contributed by atoms with Crippen molar-refractivity contribution in [2.45, 2.75) is 18.0 Å². The molecule has 2 amide bonds. The maximum Gasteiger partial charge on any atom is 0.277 e. The first-order valence-electron chi connectivity index (χ1n) is 8.21. The van der Waals surface area contributed by atoms with Gasteiger partial charge in [-0.1, -0.05) is 30.0 Å². The highest BCUT2D eigenvalue weighted by atomic mass is 32.2. The Balaban J connectivity index is 1.67. The molecule has 4 N–H and O–H groups in total. The number of H-pyrrole nitrogens is 1. The van der Waals surface area contributed by atoms with Gasteiger partial charge >= 0.3 is 0 Å². The molecule has 0 radical (unpaired) electrons. The van der Waals surface area contributed by atoms with E-state index in [1.807, 2.05) is 0 Å². The molecular formula is C17H19N5O3S. The highest BCUT2D eigenvalue weighted by molar-refractivity contribution is 7.99. The Morgan fingerprint density at radius 2 is 1.92 bits per heavy atom. The molecule has 9 heteroatoms. The Hall–Kier alpha value is -2.81. The van der Waals surface area contributed by atoms with Crippen molar-refractivity contribution in [3.63, 3.8) is 0 Å². The van der Waals surface area contributed by atoms with Gasteiger partial charge in [0.15, 0.2) is 11.0 Å². The molecule has 1 aromatic heterocycles. The van der Waals surface area contributed by atoms with E-state index in [2.05, 4.69) is 15.3 Å². The maximum absolute atomic E-state index is 12.2. The first-order chi connectivity index (χ1) is 12.5. The topological polar surface area (TPSA) is 121 Å². The van der Waals surface area contributed by atoms with Crippen LogP contribution in [0.15, 0.2) is 40.3 Å². The lowest BCUT2D eigenvalue weighted by Gasteiger charge is -2.14. The normalized spacial score (nSPS) is 13.6. The van der Waals surface area contributed by atoms with Gasteiger partial charge < -0.3 is 16.0 Å². The number of hydrogen-bond donors (Lipinski definition) is 3. The molecule has 0 saturated carbocycles. The lowest BCUT2D eigenvalue weighted by molar-refractivity contribution is -0.127. The summed E-state index contributed by atoms with van der Waals surface area (Å²) in [6, 6.07) is 8.48. The second-order valence-corrected chi connectivity index (χ2v) is 6.79. The minimum Gasteiger partial charge on any atom is -0.382 e. The van der Waals surface area contributed by atoms with Gasteiger partial charge in [0, 0.05) is 18.7 Å². The van der Waals surface area contributed by atoms with Crippen LogP contribution in [-0.4, -0.2) is 45.5 Å². The van der Waals surface area contributed by atoms with Gasteiger partial charge in [-0.3, -0.25) is 19.4 Å². The van der Waals surface area contributed by atoms with Crippen LogP contribution in [0.3, 0.4) is 0 Å². The average molecular weight is 373 g/mol. The van der Waals surface area contributed by atoms with Gasteiger partial charge in [0.25, 0.3) is 11.5 Å². The Morgan fingerprint density at radius 1 is 1.23 bits per heavy atom. The SMILES string of the molecule is Nc1nc(SCC(=O)N2CCCC2)[nH]c(=O)c1NC(=O)c1ccccc1. The zero-order valence-corrected chi connectivity index (χ0v) is 14.8. The summed E-state index contributed by atoms with van der Waals surface area (Å²) in [7, 11) is 0. The van der Waals surface area contributed by atoms with Crippen molar-refractivity contribution in [1.82, 2.24) is 14.9 Å². The highest BCUT2D eigenvalue weighted by Gasteiger charge is 2.19. The Labute approximate surface area is 154 Å². The van der Waals surface area contributed by atoms with Crippen LogP contribution in [0.1, 0.15) is 23.2 Å². The molecule has 8 nitrogen and oxygen atoms in total. The van der Waals surface area contributed by atoms with E-state index in [4.69, 9.17) is 5.73 Å². The van der Waals surface area contributed by atoms with Crippen molar-refractivity contribution >= 4 is 35.1 Å². The van der Waals surface area contributed by atoms with Gasteiger partial charge in [-0.15, -0.1) is 0 Å². The quantitative estimate of drug-likeness (QED) is 0.537. The smallest absolute Gasteiger partial charge is 0.277 e. The van der Waals surface area contributed by atoms with Gasteiger partial charge in [0.2, 0.25) is 5.91 Å². The molecule has 0 aliphatic carbocycles. The molecule has 2 heterocycles. The van der Waals surface area contributed by atoms with Crippen molar-refractivity contribution < 1.29 is 9.59 Å². The van der Waals surface area contributed by atoms with Crippen LogP contribution in [0.4, 0.5) is 11.5 Å². The zero-order valence-electron chi connectivity index (χ0n) is 14.0. The Kier molecular flexibility index (Phi) is 5.57. The number of amides is 2. The largest absolute Gasteiger partial charge is 0.382 e. The number of thioether (sulfide) groups is 1. The van der Waals surface area contributed by atoms with Crippen molar-refractivity contribution in [2.24, 2.45) is 0 Å². The number of aromatic nitrogens is 2. The minimum atomic E-state index is -0.557. The summed E-state index contributed by atoms with van der Waals surface area (Å²) in [5, 5.41) is 2.72. The number of anilines is 2. The van der Waals surface area contributed by atoms with E-state index in [-0.39, 0.29) is 28.3 Å². The number of carbonyl (C=O) groups is 2. The first-order valence-corrected chi connectivity index (χ1v) is 9.20. The third-order valence-electron chi connectivity index (χ3n) is 3.99. The average Bonchev–Trinajstić information content (AvgIpc) is 3.18. The summed E-state index contributed by atoms with van der Waals surface area (Å²) in [4.78, 5) is 44.9. The van der Waals surface area contributed by atoms with Crippen molar-refractivity contribution in [2.75, 3.05) is 29.9 Å². The molecular weight excluding hydrogens is 354 g/mol.